The van der Waals surface area contributed by atoms with Gasteiger partial charge in [-0.3, -0.25) is 15.6 Å². The molecule has 2 aromatic carbocycles. The van der Waals surface area contributed by atoms with Crippen LogP contribution in [0.3, 0.4) is 0 Å². The Labute approximate surface area is 151 Å². The van der Waals surface area contributed by atoms with Crippen LogP contribution in [0.5, 0.6) is 0 Å². The smallest absolute Gasteiger partial charge is 0.299 e. The van der Waals surface area contributed by atoms with Gasteiger partial charge in [-0.05, 0) is 18.2 Å². The fourth-order valence-corrected chi connectivity index (χ4v) is 3.05. The number of amides is 1. The van der Waals surface area contributed by atoms with Crippen molar-refractivity contribution in [2.24, 2.45) is 0 Å². The molecule has 0 aliphatic carbocycles. The monoisotopic (exact) mass is 377 g/mol. The number of thiazole rings is 1. The van der Waals surface area contributed by atoms with E-state index in [0.717, 1.165) is 22.7 Å². The zero-order valence-electron chi connectivity index (χ0n) is 13.4. The van der Waals surface area contributed by atoms with Gasteiger partial charge in [0, 0.05) is 10.9 Å². The van der Waals surface area contributed by atoms with E-state index >= 15 is 0 Å². The Morgan fingerprint density at radius 3 is 2.58 bits per heavy atom. The second-order valence-corrected chi connectivity index (χ2v) is 6.30. The highest BCUT2D eigenvalue weighted by Gasteiger charge is 2.30. The van der Waals surface area contributed by atoms with Gasteiger partial charge in [-0.2, -0.15) is 13.2 Å². The van der Waals surface area contributed by atoms with Crippen molar-refractivity contribution in [1.82, 2.24) is 10.4 Å². The van der Waals surface area contributed by atoms with Crippen molar-refractivity contribution in [3.05, 3.63) is 71.2 Å². The molecular formula is C18H14F3N3OS. The second kappa shape index (κ2) is 7.57. The predicted molar refractivity (Wildman–Crippen MR) is 94.5 cm³/mol. The molecule has 1 aromatic heterocycles. The third-order valence-electron chi connectivity index (χ3n) is 3.45. The van der Waals surface area contributed by atoms with Crippen LogP contribution in [0.25, 0.3) is 10.6 Å². The highest BCUT2D eigenvalue weighted by atomic mass is 32.1. The Kier molecular flexibility index (Phi) is 5.22. The molecule has 1 heterocycles. The lowest BCUT2D eigenvalue weighted by molar-refractivity contribution is -0.137. The minimum Gasteiger partial charge on any atom is -0.299 e. The van der Waals surface area contributed by atoms with Crippen molar-refractivity contribution < 1.29 is 18.0 Å². The molecule has 0 bridgehead atoms. The number of hydrazine groups is 1. The molecular weight excluding hydrogens is 363 g/mol. The Morgan fingerprint density at radius 1 is 1.08 bits per heavy atom. The van der Waals surface area contributed by atoms with Crippen LogP contribution in [0.1, 0.15) is 11.3 Å². The average Bonchev–Trinajstić information content (AvgIpc) is 3.09. The highest BCUT2D eigenvalue weighted by Crippen LogP contribution is 2.30. The van der Waals surface area contributed by atoms with Gasteiger partial charge in [-0.15, -0.1) is 11.3 Å². The Hall–Kier alpha value is -2.87. The first kappa shape index (κ1) is 17.9. The molecule has 2 N–H and O–H groups in total. The molecule has 0 radical (unpaired) electrons. The number of carbonyl (C=O) groups is 1. The van der Waals surface area contributed by atoms with Crippen molar-refractivity contribution in [3.63, 3.8) is 0 Å². The van der Waals surface area contributed by atoms with E-state index in [4.69, 9.17) is 0 Å². The van der Waals surface area contributed by atoms with Crippen molar-refractivity contribution >= 4 is 22.9 Å². The number of hydrogen-bond donors (Lipinski definition) is 2. The largest absolute Gasteiger partial charge is 0.416 e. The molecule has 0 atom stereocenters. The molecule has 8 heteroatoms. The van der Waals surface area contributed by atoms with E-state index in [9.17, 15) is 18.0 Å². The summed E-state index contributed by atoms with van der Waals surface area (Å²) in [5.41, 5.74) is 5.80. The van der Waals surface area contributed by atoms with Gasteiger partial charge >= 0.3 is 6.18 Å². The minimum absolute atomic E-state index is 0.0231. The highest BCUT2D eigenvalue weighted by molar-refractivity contribution is 7.13. The zero-order valence-corrected chi connectivity index (χ0v) is 14.2. The van der Waals surface area contributed by atoms with Crippen molar-refractivity contribution in [2.75, 3.05) is 5.43 Å². The van der Waals surface area contributed by atoms with Gasteiger partial charge in [0.15, 0.2) is 0 Å². The van der Waals surface area contributed by atoms with E-state index in [0.29, 0.717) is 5.69 Å². The van der Waals surface area contributed by atoms with Crippen LogP contribution in [0.2, 0.25) is 0 Å². The Bertz CT molecular complexity index is 894. The van der Waals surface area contributed by atoms with Crippen LogP contribution in [0.4, 0.5) is 18.9 Å². The fraction of sp³-hybridized carbons (Fsp3) is 0.111. The molecule has 134 valence electrons. The summed E-state index contributed by atoms with van der Waals surface area (Å²) in [7, 11) is 0. The van der Waals surface area contributed by atoms with Crippen molar-refractivity contribution in [2.45, 2.75) is 12.6 Å². The Balaban J connectivity index is 1.58. The molecule has 0 fully saturated rings. The fourth-order valence-electron chi connectivity index (χ4n) is 2.23. The summed E-state index contributed by atoms with van der Waals surface area (Å²) in [5, 5.41) is 2.59. The van der Waals surface area contributed by atoms with Crippen LogP contribution in [0, 0.1) is 0 Å². The van der Waals surface area contributed by atoms with E-state index in [1.54, 1.807) is 5.38 Å². The van der Waals surface area contributed by atoms with Gasteiger partial charge in [-0.1, -0.05) is 36.4 Å². The molecule has 0 unspecified atom stereocenters. The third-order valence-corrected chi connectivity index (χ3v) is 4.39. The number of hydrogen-bond acceptors (Lipinski definition) is 4. The van der Waals surface area contributed by atoms with Gasteiger partial charge in [0.2, 0.25) is 5.91 Å². The summed E-state index contributed by atoms with van der Waals surface area (Å²) in [6.07, 6.45) is -4.41. The molecule has 1 amide bonds. The number of benzene rings is 2. The number of aromatic nitrogens is 1. The van der Waals surface area contributed by atoms with Crippen LogP contribution >= 0.6 is 11.3 Å². The maximum atomic E-state index is 12.7. The minimum atomic E-state index is -4.43. The predicted octanol–water partition coefficient (Wildman–Crippen LogP) is 4.51. The number of alkyl halides is 3. The van der Waals surface area contributed by atoms with Crippen LogP contribution in [-0.4, -0.2) is 10.9 Å². The van der Waals surface area contributed by atoms with Crippen LogP contribution < -0.4 is 10.9 Å². The average molecular weight is 377 g/mol. The molecule has 3 rings (SSSR count). The molecule has 0 spiro atoms. The number of anilines is 1. The van der Waals surface area contributed by atoms with Gasteiger partial charge in [0.05, 0.1) is 23.4 Å². The molecule has 4 nitrogen and oxygen atoms in total. The normalized spacial score (nSPS) is 11.2. The maximum Gasteiger partial charge on any atom is 0.416 e. The second-order valence-electron chi connectivity index (χ2n) is 5.44. The van der Waals surface area contributed by atoms with Crippen LogP contribution in [0.15, 0.2) is 60.0 Å². The third kappa shape index (κ3) is 4.60. The summed E-state index contributed by atoms with van der Waals surface area (Å²) in [6, 6.07) is 14.2. The lowest BCUT2D eigenvalue weighted by Gasteiger charge is -2.11. The van der Waals surface area contributed by atoms with Gasteiger partial charge in [0.1, 0.15) is 5.01 Å². The van der Waals surface area contributed by atoms with Gasteiger partial charge < -0.3 is 0 Å². The topological polar surface area (TPSA) is 54.0 Å². The van der Waals surface area contributed by atoms with E-state index in [2.05, 4.69) is 15.8 Å². The summed E-state index contributed by atoms with van der Waals surface area (Å²) in [6.45, 7) is 0. The summed E-state index contributed by atoms with van der Waals surface area (Å²) >= 11 is 1.43. The number of nitrogens with zero attached hydrogens (tertiary/aromatic N) is 1. The zero-order chi connectivity index (χ0) is 18.6. The first-order chi connectivity index (χ1) is 12.4. The van der Waals surface area contributed by atoms with Crippen molar-refractivity contribution in [3.8, 4) is 10.6 Å². The molecule has 0 saturated heterocycles. The first-order valence-electron chi connectivity index (χ1n) is 7.64. The van der Waals surface area contributed by atoms with Crippen molar-refractivity contribution in [1.29, 1.82) is 0 Å². The lowest BCUT2D eigenvalue weighted by atomic mass is 10.2. The molecule has 3 aromatic rings. The van der Waals surface area contributed by atoms with E-state index in [-0.39, 0.29) is 12.1 Å². The molecule has 26 heavy (non-hydrogen) atoms. The molecule has 0 saturated carbocycles. The first-order valence-corrected chi connectivity index (χ1v) is 8.52. The number of halogens is 3. The summed E-state index contributed by atoms with van der Waals surface area (Å²) < 4.78 is 38.0. The van der Waals surface area contributed by atoms with E-state index < -0.39 is 17.6 Å². The van der Waals surface area contributed by atoms with E-state index in [1.165, 1.54) is 23.5 Å². The lowest BCUT2D eigenvalue weighted by Crippen LogP contribution is -2.30. The van der Waals surface area contributed by atoms with Gasteiger partial charge in [0.25, 0.3) is 0 Å². The standard InChI is InChI=1S/C18H14F3N3OS/c19-18(20,21)13-7-4-8-14(9-13)23-24-16(25)10-15-11-26-17(22-15)12-5-2-1-3-6-12/h1-9,11,23H,10H2,(H,24,25). The quantitative estimate of drug-likeness (QED) is 0.643. The van der Waals surface area contributed by atoms with E-state index in [1.807, 2.05) is 30.3 Å². The van der Waals surface area contributed by atoms with Gasteiger partial charge in [-0.25, -0.2) is 4.98 Å². The molecule has 0 aliphatic rings. The summed E-state index contributed by atoms with van der Waals surface area (Å²) in [5.74, 6) is -0.396. The Morgan fingerprint density at radius 2 is 1.85 bits per heavy atom. The number of nitrogens with one attached hydrogen (secondary N) is 2. The SMILES string of the molecule is O=C(Cc1csc(-c2ccccc2)n1)NNc1cccc(C(F)(F)F)c1. The molecule has 0 aliphatic heterocycles. The van der Waals surface area contributed by atoms with Crippen LogP contribution in [-0.2, 0) is 17.4 Å². The number of carbonyl (C=O) groups excluding carboxylic acids is 1. The number of rotatable bonds is 5. The maximum absolute atomic E-state index is 12.7. The summed E-state index contributed by atoms with van der Waals surface area (Å²) in [4.78, 5) is 16.4.